The molecule has 0 aliphatic heterocycles. The highest BCUT2D eigenvalue weighted by atomic mass is 32.2. The molecule has 0 aliphatic rings. The first-order valence-electron chi connectivity index (χ1n) is 12.3. The Morgan fingerprint density at radius 3 is 2.22 bits per heavy atom. The molecule has 37 heavy (non-hydrogen) atoms. The molecule has 3 rings (SSSR count). The van der Waals surface area contributed by atoms with Crippen LogP contribution in [0, 0.1) is 20.8 Å². The number of hydrogen-bond acceptors (Lipinski definition) is 4. The minimum atomic E-state index is -4.07. The average molecular weight is 522 g/mol. The maximum atomic E-state index is 13.9. The third-order valence-corrected chi connectivity index (χ3v) is 7.97. The minimum Gasteiger partial charge on any atom is -0.355 e. The van der Waals surface area contributed by atoms with Crippen LogP contribution in [-0.4, -0.2) is 44.3 Å². The van der Waals surface area contributed by atoms with Gasteiger partial charge in [-0.2, -0.15) is 0 Å². The molecule has 8 heteroatoms. The second-order valence-electron chi connectivity index (χ2n) is 9.20. The summed E-state index contributed by atoms with van der Waals surface area (Å²) in [5.74, 6) is -0.770. The van der Waals surface area contributed by atoms with Crippen LogP contribution in [0.15, 0.2) is 77.7 Å². The largest absolute Gasteiger partial charge is 0.355 e. The van der Waals surface area contributed by atoms with Gasteiger partial charge in [0.15, 0.2) is 0 Å². The molecule has 3 aromatic rings. The average Bonchev–Trinajstić information content (AvgIpc) is 2.87. The van der Waals surface area contributed by atoms with Crippen molar-refractivity contribution in [2.24, 2.45) is 0 Å². The zero-order valence-corrected chi connectivity index (χ0v) is 22.9. The molecule has 0 saturated carbocycles. The molecule has 0 aromatic heterocycles. The predicted octanol–water partition coefficient (Wildman–Crippen LogP) is 4.36. The summed E-state index contributed by atoms with van der Waals surface area (Å²) < 4.78 is 28.8. The van der Waals surface area contributed by atoms with Gasteiger partial charge in [0, 0.05) is 13.1 Å². The number of anilines is 1. The van der Waals surface area contributed by atoms with Crippen LogP contribution in [0.5, 0.6) is 0 Å². The van der Waals surface area contributed by atoms with E-state index in [-0.39, 0.29) is 17.3 Å². The van der Waals surface area contributed by atoms with Crippen molar-refractivity contribution in [1.29, 1.82) is 0 Å². The molecule has 3 aromatic carbocycles. The second-order valence-corrected chi connectivity index (χ2v) is 11.1. The molecule has 2 amide bonds. The van der Waals surface area contributed by atoms with Gasteiger partial charge in [-0.15, -0.1) is 0 Å². The maximum absolute atomic E-state index is 13.9. The van der Waals surface area contributed by atoms with Crippen LogP contribution in [0.2, 0.25) is 0 Å². The molecule has 7 nitrogen and oxygen atoms in total. The monoisotopic (exact) mass is 521 g/mol. The third-order valence-electron chi connectivity index (χ3n) is 6.20. The normalized spacial score (nSPS) is 12.0. The van der Waals surface area contributed by atoms with Crippen LogP contribution in [0.25, 0.3) is 0 Å². The van der Waals surface area contributed by atoms with E-state index in [0.717, 1.165) is 26.6 Å². The number of aryl methyl sites for hydroxylation is 3. The minimum absolute atomic E-state index is 0.0886. The fraction of sp³-hybridized carbons (Fsp3) is 0.310. The molecule has 0 bridgehead atoms. The summed E-state index contributed by atoms with van der Waals surface area (Å²) in [6, 6.07) is 20.5. The number of hydrogen-bond donors (Lipinski definition) is 1. The van der Waals surface area contributed by atoms with Gasteiger partial charge in [0.2, 0.25) is 11.8 Å². The van der Waals surface area contributed by atoms with Crippen molar-refractivity contribution in [3.63, 3.8) is 0 Å². The number of nitrogens with one attached hydrogen (secondary N) is 1. The molecule has 1 unspecified atom stereocenters. The van der Waals surface area contributed by atoms with Crippen molar-refractivity contribution in [2.75, 3.05) is 17.4 Å². The standard InChI is InChI=1S/C29H35N3O4S/c1-6-30-29(34)24(5)31(19-25-12-10-11-21(2)17-25)28(33)20-32(27-18-22(3)15-16-23(27)4)37(35,36)26-13-8-7-9-14-26/h7-18,24H,6,19-20H2,1-5H3,(H,30,34). The number of carbonyl (C=O) groups excluding carboxylic acids is 2. The molecule has 0 aliphatic carbocycles. The van der Waals surface area contributed by atoms with Crippen molar-refractivity contribution in [3.05, 3.63) is 95.1 Å². The lowest BCUT2D eigenvalue weighted by atomic mass is 10.1. The van der Waals surface area contributed by atoms with Crippen LogP contribution in [0.4, 0.5) is 5.69 Å². The Morgan fingerprint density at radius 2 is 1.57 bits per heavy atom. The smallest absolute Gasteiger partial charge is 0.264 e. The first kappa shape index (κ1) is 27.9. The van der Waals surface area contributed by atoms with E-state index < -0.39 is 28.5 Å². The van der Waals surface area contributed by atoms with Crippen molar-refractivity contribution >= 4 is 27.5 Å². The lowest BCUT2D eigenvalue weighted by Gasteiger charge is -2.32. The summed E-state index contributed by atoms with van der Waals surface area (Å²) in [5.41, 5.74) is 3.90. The topological polar surface area (TPSA) is 86.8 Å². The van der Waals surface area contributed by atoms with E-state index in [1.54, 1.807) is 31.2 Å². The first-order chi connectivity index (χ1) is 17.5. The third kappa shape index (κ3) is 6.77. The van der Waals surface area contributed by atoms with E-state index in [2.05, 4.69) is 5.32 Å². The van der Waals surface area contributed by atoms with Crippen molar-refractivity contribution in [3.8, 4) is 0 Å². The number of likely N-dealkylation sites (N-methyl/N-ethyl adjacent to an activating group) is 1. The summed E-state index contributed by atoms with van der Waals surface area (Å²) in [6.45, 7) is 9.26. The van der Waals surface area contributed by atoms with Crippen molar-refractivity contribution < 1.29 is 18.0 Å². The highest BCUT2D eigenvalue weighted by Gasteiger charge is 2.33. The number of amides is 2. The van der Waals surface area contributed by atoms with E-state index in [0.29, 0.717) is 12.2 Å². The van der Waals surface area contributed by atoms with E-state index >= 15 is 0 Å². The molecule has 0 fully saturated rings. The molecule has 0 spiro atoms. The van der Waals surface area contributed by atoms with E-state index in [1.165, 1.54) is 17.0 Å². The van der Waals surface area contributed by atoms with Gasteiger partial charge < -0.3 is 10.2 Å². The quantitative estimate of drug-likeness (QED) is 0.430. The van der Waals surface area contributed by atoms with Gasteiger partial charge in [-0.05, 0) is 69.5 Å². The molecule has 196 valence electrons. The SMILES string of the molecule is CCNC(=O)C(C)N(Cc1cccc(C)c1)C(=O)CN(c1cc(C)ccc1C)S(=O)(=O)c1ccccc1. The highest BCUT2D eigenvalue weighted by molar-refractivity contribution is 7.92. The highest BCUT2D eigenvalue weighted by Crippen LogP contribution is 2.28. The number of rotatable bonds is 10. The fourth-order valence-electron chi connectivity index (χ4n) is 4.13. The molecule has 0 radical (unpaired) electrons. The number of benzene rings is 3. The Balaban J connectivity index is 2.06. The maximum Gasteiger partial charge on any atom is 0.264 e. The molecule has 1 atom stereocenters. The molecular formula is C29H35N3O4S. The van der Waals surface area contributed by atoms with Gasteiger partial charge in [0.1, 0.15) is 12.6 Å². The summed E-state index contributed by atoms with van der Waals surface area (Å²) in [4.78, 5) is 28.2. The van der Waals surface area contributed by atoms with E-state index in [4.69, 9.17) is 0 Å². The van der Waals surface area contributed by atoms with Crippen LogP contribution in [0.1, 0.15) is 36.1 Å². The van der Waals surface area contributed by atoms with Gasteiger partial charge in [0.25, 0.3) is 10.0 Å². The lowest BCUT2D eigenvalue weighted by molar-refractivity contribution is -0.139. The molecule has 0 heterocycles. The van der Waals surface area contributed by atoms with E-state index in [9.17, 15) is 18.0 Å². The summed E-state index contributed by atoms with van der Waals surface area (Å²) in [5, 5.41) is 2.77. The molecule has 0 saturated heterocycles. The zero-order valence-electron chi connectivity index (χ0n) is 22.1. The number of sulfonamides is 1. The van der Waals surface area contributed by atoms with Crippen LogP contribution >= 0.6 is 0 Å². The summed E-state index contributed by atoms with van der Waals surface area (Å²) in [7, 11) is -4.07. The molecule has 1 N–H and O–H groups in total. The Kier molecular flexibility index (Phi) is 9.10. The Labute approximate surface area is 220 Å². The van der Waals surface area contributed by atoms with Crippen LogP contribution < -0.4 is 9.62 Å². The van der Waals surface area contributed by atoms with Gasteiger partial charge >= 0.3 is 0 Å². The van der Waals surface area contributed by atoms with Crippen LogP contribution in [-0.2, 0) is 26.2 Å². The Morgan fingerprint density at radius 1 is 0.892 bits per heavy atom. The van der Waals surface area contributed by atoms with Crippen molar-refractivity contribution in [2.45, 2.75) is 52.1 Å². The van der Waals surface area contributed by atoms with Crippen molar-refractivity contribution in [1.82, 2.24) is 10.2 Å². The Hall–Kier alpha value is -3.65. The van der Waals surface area contributed by atoms with Gasteiger partial charge in [0.05, 0.1) is 10.6 Å². The second kappa shape index (κ2) is 12.1. The Bertz CT molecular complexity index is 1360. The summed E-state index contributed by atoms with van der Waals surface area (Å²) in [6.07, 6.45) is 0. The predicted molar refractivity (Wildman–Crippen MR) is 147 cm³/mol. The lowest BCUT2D eigenvalue weighted by Crippen LogP contribution is -2.51. The summed E-state index contributed by atoms with van der Waals surface area (Å²) >= 11 is 0. The number of carbonyl (C=O) groups is 2. The zero-order chi connectivity index (χ0) is 27.2. The van der Waals surface area contributed by atoms with Gasteiger partial charge in [-0.1, -0.05) is 60.2 Å². The molecular weight excluding hydrogens is 486 g/mol. The first-order valence-corrected chi connectivity index (χ1v) is 13.8. The fourth-order valence-corrected chi connectivity index (χ4v) is 5.62. The van der Waals surface area contributed by atoms with E-state index in [1.807, 2.05) is 64.1 Å². The van der Waals surface area contributed by atoms with Crippen LogP contribution in [0.3, 0.4) is 0 Å². The van der Waals surface area contributed by atoms with Gasteiger partial charge in [-0.3, -0.25) is 13.9 Å². The van der Waals surface area contributed by atoms with Gasteiger partial charge in [-0.25, -0.2) is 8.42 Å². The number of nitrogens with zero attached hydrogens (tertiary/aromatic N) is 2.